The van der Waals surface area contributed by atoms with E-state index in [1.807, 2.05) is 0 Å². The zero-order valence-corrected chi connectivity index (χ0v) is 7.84. The molecule has 0 aliphatic heterocycles. The van der Waals surface area contributed by atoms with Crippen molar-refractivity contribution in [1.82, 2.24) is 0 Å². The zero-order chi connectivity index (χ0) is 10.6. The summed E-state index contributed by atoms with van der Waals surface area (Å²) in [6.45, 7) is 0.851. The minimum absolute atomic E-state index is 0.394. The normalized spacial score (nSPS) is 16.6. The van der Waals surface area contributed by atoms with Gasteiger partial charge in [0.05, 0.1) is 0 Å². The first kappa shape index (κ1) is 12.7. The van der Waals surface area contributed by atoms with Crippen molar-refractivity contribution in [3.8, 4) is 11.8 Å². The molecule has 13 heavy (non-hydrogen) atoms. The molecule has 0 rings (SSSR count). The fourth-order valence-corrected chi connectivity index (χ4v) is 1.07. The van der Waals surface area contributed by atoms with E-state index in [1.165, 1.54) is 0 Å². The molecule has 0 heterocycles. The second-order valence-corrected chi connectivity index (χ2v) is 3.93. The average Bonchev–Trinajstić information content (AvgIpc) is 1.94. The first-order valence-corrected chi connectivity index (χ1v) is 5.32. The molecule has 0 aliphatic carbocycles. The Balaban J connectivity index is 4.31. The molecule has 0 spiro atoms. The number of aliphatic hydroxyl groups is 1. The molecule has 0 saturated heterocycles. The number of hydrogen-bond donors (Lipinski definition) is 3. The Morgan fingerprint density at radius 2 is 2.00 bits per heavy atom. The third-order valence-electron chi connectivity index (χ3n) is 0.907. The van der Waals surface area contributed by atoms with Crippen molar-refractivity contribution in [2.75, 3.05) is 6.61 Å². The summed E-state index contributed by atoms with van der Waals surface area (Å²) in [7, 11) is -7.01. The van der Waals surface area contributed by atoms with Crippen LogP contribution in [0.25, 0.3) is 0 Å². The molecule has 0 aromatic heterocycles. The van der Waals surface area contributed by atoms with Crippen LogP contribution in [0.2, 0.25) is 0 Å². The van der Waals surface area contributed by atoms with Crippen LogP contribution < -0.4 is 0 Å². The first-order valence-electron chi connectivity index (χ1n) is 3.48. The predicted octanol–water partition coefficient (Wildman–Crippen LogP) is 0.829. The van der Waals surface area contributed by atoms with Gasteiger partial charge in [-0.05, 0) is 0 Å². The van der Waals surface area contributed by atoms with Gasteiger partial charge in [0.1, 0.15) is 0 Å². The summed E-state index contributed by atoms with van der Waals surface area (Å²) >= 11 is 0. The van der Waals surface area contributed by atoms with E-state index in [2.05, 4.69) is 16.4 Å². The fourth-order valence-electron chi connectivity index (χ4n) is 0.531. The third-order valence-corrected chi connectivity index (χ3v) is 1.51. The van der Waals surface area contributed by atoms with Crippen LogP contribution in [0.4, 0.5) is 8.39 Å². The molecule has 4 nitrogen and oxygen atoms in total. The van der Waals surface area contributed by atoms with E-state index in [0.29, 0.717) is 6.42 Å². The Hall–Kier alpha value is -0.310. The Morgan fingerprint density at radius 3 is 2.31 bits per heavy atom. The van der Waals surface area contributed by atoms with E-state index < -0.39 is 20.6 Å². The van der Waals surface area contributed by atoms with Crippen molar-refractivity contribution in [3.05, 3.63) is 0 Å². The minimum atomic E-state index is -7.01. The van der Waals surface area contributed by atoms with E-state index in [4.69, 9.17) is 14.9 Å². The Bertz CT molecular complexity index is 217. The second-order valence-electron chi connectivity index (χ2n) is 2.21. The average molecular weight is 216 g/mol. The number of rotatable bonds is 3. The summed E-state index contributed by atoms with van der Waals surface area (Å²) in [6, 6.07) is 0. The van der Waals surface area contributed by atoms with Crippen molar-refractivity contribution in [1.29, 1.82) is 0 Å². The van der Waals surface area contributed by atoms with Gasteiger partial charge in [-0.2, -0.15) is 0 Å². The molecular weight excluding hydrogens is 205 g/mol. The van der Waals surface area contributed by atoms with Gasteiger partial charge in [-0.1, -0.05) is 0 Å². The third kappa shape index (κ3) is 8.03. The molecule has 3 N–H and O–H groups in total. The second kappa shape index (κ2) is 4.27. The van der Waals surface area contributed by atoms with Gasteiger partial charge >= 0.3 is 73.6 Å². The van der Waals surface area contributed by atoms with Gasteiger partial charge in [-0.15, -0.1) is 0 Å². The number of aliphatic hydroxyl groups excluding tert-OH is 1. The van der Waals surface area contributed by atoms with E-state index >= 15 is 0 Å². The molecule has 0 aromatic rings. The Labute approximate surface area is 74.6 Å². The zero-order valence-electron chi connectivity index (χ0n) is 6.94. The van der Waals surface area contributed by atoms with Gasteiger partial charge in [0.2, 0.25) is 0 Å². The van der Waals surface area contributed by atoms with Crippen molar-refractivity contribution in [2.24, 2.45) is 0 Å². The van der Waals surface area contributed by atoms with Crippen LogP contribution >= 0.6 is 7.91 Å². The molecule has 0 aliphatic rings. The number of hydrogen-bond acceptors (Lipinski definition) is 4. The standard InChI is InChI=1S/C6H11F2O4P/c1-2-3-4-6(5-9)12-13(7,8,10)11/h6,9-11H,2,5H2,1H3. The summed E-state index contributed by atoms with van der Waals surface area (Å²) in [5.74, 6) is 4.48. The summed E-state index contributed by atoms with van der Waals surface area (Å²) in [6.07, 6.45) is -1.17. The molecular formula is C6H11F2O4P. The predicted molar refractivity (Wildman–Crippen MR) is 43.6 cm³/mol. The van der Waals surface area contributed by atoms with Gasteiger partial charge in [-0.3, -0.25) is 0 Å². The van der Waals surface area contributed by atoms with Gasteiger partial charge in [0, 0.05) is 0 Å². The van der Waals surface area contributed by atoms with Gasteiger partial charge in [0.15, 0.2) is 0 Å². The summed E-state index contributed by atoms with van der Waals surface area (Å²) in [5, 5.41) is 8.47. The molecule has 78 valence electrons. The molecule has 1 atom stereocenters. The van der Waals surface area contributed by atoms with E-state index in [9.17, 15) is 8.39 Å². The van der Waals surface area contributed by atoms with Gasteiger partial charge < -0.3 is 0 Å². The van der Waals surface area contributed by atoms with Crippen molar-refractivity contribution < 1.29 is 27.8 Å². The molecule has 0 aromatic carbocycles. The molecule has 1 unspecified atom stereocenters. The monoisotopic (exact) mass is 216 g/mol. The van der Waals surface area contributed by atoms with Crippen LogP contribution in [0.3, 0.4) is 0 Å². The maximum atomic E-state index is 12.1. The summed E-state index contributed by atoms with van der Waals surface area (Å²) in [4.78, 5) is 16.1. The summed E-state index contributed by atoms with van der Waals surface area (Å²) < 4.78 is 27.8. The SMILES string of the molecule is CCC#CC(CO)OP(O)(O)(F)F. The number of halogens is 2. The summed E-state index contributed by atoms with van der Waals surface area (Å²) in [5.41, 5.74) is 0. The van der Waals surface area contributed by atoms with E-state index in [1.54, 1.807) is 6.92 Å². The van der Waals surface area contributed by atoms with Crippen molar-refractivity contribution >= 4 is 7.91 Å². The van der Waals surface area contributed by atoms with Crippen LogP contribution in [0.5, 0.6) is 0 Å². The Morgan fingerprint density at radius 1 is 1.46 bits per heavy atom. The quantitative estimate of drug-likeness (QED) is 0.482. The van der Waals surface area contributed by atoms with Gasteiger partial charge in [-0.25, -0.2) is 0 Å². The molecule has 7 heteroatoms. The van der Waals surface area contributed by atoms with Crippen LogP contribution in [0.1, 0.15) is 13.3 Å². The topological polar surface area (TPSA) is 69.9 Å². The van der Waals surface area contributed by atoms with Crippen LogP contribution in [0, 0.1) is 11.8 Å². The van der Waals surface area contributed by atoms with Crippen LogP contribution in [-0.4, -0.2) is 27.6 Å². The van der Waals surface area contributed by atoms with Gasteiger partial charge in [0.25, 0.3) is 0 Å². The molecule has 0 fully saturated rings. The first-order chi connectivity index (χ1) is 5.74. The molecule has 0 bridgehead atoms. The van der Waals surface area contributed by atoms with Crippen molar-refractivity contribution in [2.45, 2.75) is 19.4 Å². The molecule has 0 saturated carbocycles. The maximum absolute atomic E-state index is 12.1. The van der Waals surface area contributed by atoms with Crippen molar-refractivity contribution in [3.63, 3.8) is 0 Å². The molecule has 0 radical (unpaired) electrons. The van der Waals surface area contributed by atoms with E-state index in [-0.39, 0.29) is 0 Å². The van der Waals surface area contributed by atoms with Crippen LogP contribution in [-0.2, 0) is 4.52 Å². The fraction of sp³-hybridized carbons (Fsp3) is 0.667. The van der Waals surface area contributed by atoms with Crippen LogP contribution in [0.15, 0.2) is 0 Å². The van der Waals surface area contributed by atoms with E-state index in [0.717, 1.165) is 0 Å². The molecule has 0 amide bonds. The Kier molecular flexibility index (Phi) is 4.17.